The van der Waals surface area contributed by atoms with Crippen molar-refractivity contribution < 1.29 is 19.1 Å². The second kappa shape index (κ2) is 6.88. The molecule has 3 amide bonds. The van der Waals surface area contributed by atoms with Crippen LogP contribution in [-0.4, -0.2) is 30.1 Å². The van der Waals surface area contributed by atoms with E-state index in [2.05, 4.69) is 15.4 Å². The fourth-order valence-electron chi connectivity index (χ4n) is 0.957. The molecule has 0 fully saturated rings. The van der Waals surface area contributed by atoms with E-state index >= 15 is 0 Å². The largest absolute Gasteiger partial charge is 0.456 e. The number of urea groups is 1. The lowest BCUT2D eigenvalue weighted by molar-refractivity contribution is -0.148. The van der Waals surface area contributed by atoms with Gasteiger partial charge in [0, 0.05) is 12.0 Å². The fourth-order valence-corrected chi connectivity index (χ4v) is 0.957. The monoisotopic (exact) mass is 244 g/mol. The molecule has 0 heterocycles. The molecule has 0 atom stereocenters. The Kier molecular flexibility index (Phi) is 6.23. The van der Waals surface area contributed by atoms with E-state index in [0.29, 0.717) is 6.42 Å². The van der Waals surface area contributed by atoms with Crippen molar-refractivity contribution in [2.24, 2.45) is 0 Å². The standard InChI is InChI=1S/C11H20N2O4/c1-5-6-9(15)17-7-8(14)12-10(16)13-11(2,3)4/h5-7H2,1-4H3,(H2,12,13,14,16). The maximum atomic E-state index is 11.3. The van der Waals surface area contributed by atoms with Crippen molar-refractivity contribution in [2.45, 2.75) is 46.1 Å². The number of hydrogen-bond donors (Lipinski definition) is 2. The summed E-state index contributed by atoms with van der Waals surface area (Å²) >= 11 is 0. The van der Waals surface area contributed by atoms with Gasteiger partial charge >= 0.3 is 12.0 Å². The number of nitrogens with one attached hydrogen (secondary N) is 2. The van der Waals surface area contributed by atoms with Gasteiger partial charge in [-0.2, -0.15) is 0 Å². The molecular weight excluding hydrogens is 224 g/mol. The number of hydrogen-bond acceptors (Lipinski definition) is 4. The molecule has 0 saturated heterocycles. The van der Waals surface area contributed by atoms with E-state index in [1.165, 1.54) is 0 Å². The highest BCUT2D eigenvalue weighted by Crippen LogP contribution is 1.97. The van der Waals surface area contributed by atoms with Crippen LogP contribution in [0.1, 0.15) is 40.5 Å². The molecule has 0 saturated carbocycles. The number of amides is 3. The minimum atomic E-state index is -0.642. The van der Waals surface area contributed by atoms with E-state index in [1.807, 2.05) is 6.92 Å². The predicted octanol–water partition coefficient (Wildman–Crippen LogP) is 0.954. The van der Waals surface area contributed by atoms with E-state index in [1.54, 1.807) is 20.8 Å². The fraction of sp³-hybridized carbons (Fsp3) is 0.727. The molecule has 0 bridgehead atoms. The van der Waals surface area contributed by atoms with Gasteiger partial charge in [0.05, 0.1) is 0 Å². The average molecular weight is 244 g/mol. The highest BCUT2D eigenvalue weighted by atomic mass is 16.5. The number of carbonyl (C=O) groups excluding carboxylic acids is 3. The van der Waals surface area contributed by atoms with Gasteiger partial charge in [-0.05, 0) is 27.2 Å². The van der Waals surface area contributed by atoms with Crippen LogP contribution >= 0.6 is 0 Å². The van der Waals surface area contributed by atoms with Crippen LogP contribution < -0.4 is 10.6 Å². The van der Waals surface area contributed by atoms with Gasteiger partial charge in [0.2, 0.25) is 0 Å². The summed E-state index contributed by atoms with van der Waals surface area (Å²) in [5.41, 5.74) is -0.427. The molecule has 0 aliphatic rings. The highest BCUT2D eigenvalue weighted by molar-refractivity contribution is 5.95. The van der Waals surface area contributed by atoms with Crippen LogP contribution in [0, 0.1) is 0 Å². The molecule has 0 rings (SSSR count). The van der Waals surface area contributed by atoms with Gasteiger partial charge < -0.3 is 10.1 Å². The number of carbonyl (C=O) groups is 3. The molecule has 6 heteroatoms. The molecular formula is C11H20N2O4. The van der Waals surface area contributed by atoms with Crippen molar-refractivity contribution in [3.63, 3.8) is 0 Å². The Morgan fingerprint density at radius 3 is 2.24 bits per heavy atom. The third-order valence-electron chi connectivity index (χ3n) is 1.56. The third kappa shape index (κ3) is 9.35. The first-order valence-corrected chi connectivity index (χ1v) is 5.52. The van der Waals surface area contributed by atoms with E-state index in [4.69, 9.17) is 0 Å². The summed E-state index contributed by atoms with van der Waals surface area (Å²) < 4.78 is 4.64. The Morgan fingerprint density at radius 1 is 1.18 bits per heavy atom. The second-order valence-corrected chi connectivity index (χ2v) is 4.66. The van der Waals surface area contributed by atoms with E-state index in [0.717, 1.165) is 0 Å². The van der Waals surface area contributed by atoms with Crippen LogP contribution in [-0.2, 0) is 14.3 Å². The average Bonchev–Trinajstić information content (AvgIpc) is 2.12. The minimum Gasteiger partial charge on any atom is -0.456 e. The van der Waals surface area contributed by atoms with Crippen LogP contribution in [0.3, 0.4) is 0 Å². The van der Waals surface area contributed by atoms with Crippen molar-refractivity contribution in [1.29, 1.82) is 0 Å². The van der Waals surface area contributed by atoms with Gasteiger partial charge in [0.15, 0.2) is 6.61 Å². The molecule has 98 valence electrons. The predicted molar refractivity (Wildman–Crippen MR) is 62.3 cm³/mol. The maximum absolute atomic E-state index is 11.3. The van der Waals surface area contributed by atoms with E-state index in [9.17, 15) is 14.4 Å². The van der Waals surface area contributed by atoms with Gasteiger partial charge in [0.1, 0.15) is 0 Å². The summed E-state index contributed by atoms with van der Waals surface area (Å²) in [6, 6.07) is -0.603. The number of esters is 1. The smallest absolute Gasteiger partial charge is 0.321 e. The molecule has 0 radical (unpaired) electrons. The molecule has 0 aliphatic carbocycles. The second-order valence-electron chi connectivity index (χ2n) is 4.66. The zero-order chi connectivity index (χ0) is 13.5. The lowest BCUT2D eigenvalue weighted by Gasteiger charge is -2.20. The van der Waals surface area contributed by atoms with E-state index in [-0.39, 0.29) is 6.42 Å². The normalized spacial score (nSPS) is 10.6. The lowest BCUT2D eigenvalue weighted by Crippen LogP contribution is -2.49. The molecule has 6 nitrogen and oxygen atoms in total. The molecule has 2 N–H and O–H groups in total. The topological polar surface area (TPSA) is 84.5 Å². The molecule has 0 aromatic rings. The Hall–Kier alpha value is -1.59. The van der Waals surface area contributed by atoms with Crippen molar-refractivity contribution in [2.75, 3.05) is 6.61 Å². The number of imide groups is 1. The first-order valence-electron chi connectivity index (χ1n) is 5.52. The summed E-state index contributed by atoms with van der Waals surface area (Å²) in [7, 11) is 0. The van der Waals surface area contributed by atoms with Crippen molar-refractivity contribution in [3.05, 3.63) is 0 Å². The van der Waals surface area contributed by atoms with Gasteiger partial charge in [-0.1, -0.05) is 6.92 Å². The Bertz CT molecular complexity index is 294. The molecule has 0 unspecified atom stereocenters. The quantitative estimate of drug-likeness (QED) is 0.721. The van der Waals surface area contributed by atoms with Crippen LogP contribution in [0.15, 0.2) is 0 Å². The van der Waals surface area contributed by atoms with Gasteiger partial charge in [-0.25, -0.2) is 4.79 Å². The number of ether oxygens (including phenoxy) is 1. The Morgan fingerprint density at radius 2 is 1.76 bits per heavy atom. The minimum absolute atomic E-state index is 0.265. The van der Waals surface area contributed by atoms with Gasteiger partial charge in [-0.3, -0.25) is 14.9 Å². The Balaban J connectivity index is 3.87. The molecule has 17 heavy (non-hydrogen) atoms. The molecule has 0 spiro atoms. The third-order valence-corrected chi connectivity index (χ3v) is 1.56. The summed E-state index contributed by atoms with van der Waals surface area (Å²) in [6.45, 7) is 6.77. The highest BCUT2D eigenvalue weighted by Gasteiger charge is 2.16. The first-order chi connectivity index (χ1) is 7.74. The van der Waals surface area contributed by atoms with Gasteiger partial charge in [0.25, 0.3) is 5.91 Å². The molecule has 0 aromatic heterocycles. The summed E-state index contributed by atoms with van der Waals surface area (Å²) in [4.78, 5) is 33.4. The van der Waals surface area contributed by atoms with Crippen LogP contribution in [0.4, 0.5) is 4.79 Å². The Labute approximate surface area is 101 Å². The molecule has 0 aliphatic heterocycles. The van der Waals surface area contributed by atoms with Crippen molar-refractivity contribution >= 4 is 17.9 Å². The summed E-state index contributed by atoms with van der Waals surface area (Å²) in [6.07, 6.45) is 0.923. The first kappa shape index (κ1) is 15.4. The SMILES string of the molecule is CCCC(=O)OCC(=O)NC(=O)NC(C)(C)C. The van der Waals surface area contributed by atoms with Crippen molar-refractivity contribution in [3.8, 4) is 0 Å². The summed E-state index contributed by atoms with van der Waals surface area (Å²) in [5.74, 6) is -1.09. The van der Waals surface area contributed by atoms with Crippen molar-refractivity contribution in [1.82, 2.24) is 10.6 Å². The maximum Gasteiger partial charge on any atom is 0.321 e. The summed E-state index contributed by atoms with van der Waals surface area (Å²) in [5, 5.41) is 4.62. The zero-order valence-electron chi connectivity index (χ0n) is 10.8. The van der Waals surface area contributed by atoms with E-state index < -0.39 is 30.1 Å². The number of rotatable bonds is 4. The van der Waals surface area contributed by atoms with Crippen LogP contribution in [0.2, 0.25) is 0 Å². The molecule has 0 aromatic carbocycles. The zero-order valence-corrected chi connectivity index (χ0v) is 10.8. The van der Waals surface area contributed by atoms with Crippen LogP contribution in [0.25, 0.3) is 0 Å². The van der Waals surface area contributed by atoms with Crippen LogP contribution in [0.5, 0.6) is 0 Å². The van der Waals surface area contributed by atoms with Gasteiger partial charge in [-0.15, -0.1) is 0 Å². The lowest BCUT2D eigenvalue weighted by atomic mass is 10.1.